The lowest BCUT2D eigenvalue weighted by molar-refractivity contribution is 0.0910. The maximum atomic E-state index is 11.9. The normalized spacial score (nSPS) is 11.9. The molecule has 1 atom stereocenters. The molecule has 2 rings (SSSR count). The molecule has 0 aliphatic rings. The van der Waals surface area contributed by atoms with E-state index in [2.05, 4.69) is 15.5 Å². The molecular weight excluding hydrogens is 266 g/mol. The highest BCUT2D eigenvalue weighted by molar-refractivity contribution is 6.29. The molecule has 0 aliphatic carbocycles. The number of nitrogens with one attached hydrogen (secondary N) is 1. The molecule has 1 amide bonds. The number of aromatic nitrogens is 2. The Labute approximate surface area is 115 Å². The summed E-state index contributed by atoms with van der Waals surface area (Å²) in [5, 5.41) is 19.5. The van der Waals surface area contributed by atoms with E-state index < -0.39 is 11.9 Å². The largest absolute Gasteiger partial charge is 0.394 e. The van der Waals surface area contributed by atoms with E-state index >= 15 is 0 Å². The topological polar surface area (TPSA) is 75.1 Å². The molecule has 19 heavy (non-hydrogen) atoms. The van der Waals surface area contributed by atoms with Gasteiger partial charge >= 0.3 is 0 Å². The van der Waals surface area contributed by atoms with Gasteiger partial charge < -0.3 is 10.4 Å². The summed E-state index contributed by atoms with van der Waals surface area (Å²) in [6, 6.07) is 11.7. The molecule has 1 aromatic carbocycles. The van der Waals surface area contributed by atoms with Crippen molar-refractivity contribution < 1.29 is 9.90 Å². The van der Waals surface area contributed by atoms with Crippen molar-refractivity contribution in [3.8, 4) is 0 Å². The van der Waals surface area contributed by atoms with E-state index in [4.69, 9.17) is 11.6 Å². The molecule has 2 aromatic rings. The van der Waals surface area contributed by atoms with Crippen molar-refractivity contribution >= 4 is 17.5 Å². The van der Waals surface area contributed by atoms with Gasteiger partial charge in [-0.25, -0.2) is 0 Å². The Balaban J connectivity index is 2.10. The molecule has 0 fully saturated rings. The Hall–Kier alpha value is -1.98. The van der Waals surface area contributed by atoms with Crippen LogP contribution in [0.2, 0.25) is 5.15 Å². The van der Waals surface area contributed by atoms with Gasteiger partial charge in [0.1, 0.15) is 0 Å². The van der Waals surface area contributed by atoms with Crippen LogP contribution < -0.4 is 5.32 Å². The van der Waals surface area contributed by atoms with E-state index in [1.807, 2.05) is 30.3 Å². The van der Waals surface area contributed by atoms with Crippen molar-refractivity contribution in [2.75, 3.05) is 6.61 Å². The first-order chi connectivity index (χ1) is 9.20. The first-order valence-corrected chi connectivity index (χ1v) is 6.04. The molecule has 5 nitrogen and oxygen atoms in total. The zero-order valence-corrected chi connectivity index (χ0v) is 10.7. The Morgan fingerprint density at radius 1 is 1.21 bits per heavy atom. The van der Waals surface area contributed by atoms with Gasteiger partial charge in [-0.15, -0.1) is 10.2 Å². The minimum atomic E-state index is -0.480. The van der Waals surface area contributed by atoms with Gasteiger partial charge in [-0.1, -0.05) is 41.9 Å². The quantitative estimate of drug-likeness (QED) is 0.890. The predicted molar refractivity (Wildman–Crippen MR) is 70.8 cm³/mol. The van der Waals surface area contributed by atoms with Crippen LogP contribution in [0.25, 0.3) is 0 Å². The summed E-state index contributed by atoms with van der Waals surface area (Å²) >= 11 is 5.60. The van der Waals surface area contributed by atoms with E-state index in [-0.39, 0.29) is 17.5 Å². The fraction of sp³-hybridized carbons (Fsp3) is 0.154. The van der Waals surface area contributed by atoms with Gasteiger partial charge in [0, 0.05) is 0 Å². The zero-order valence-electron chi connectivity index (χ0n) is 9.95. The summed E-state index contributed by atoms with van der Waals surface area (Å²) in [6.45, 7) is -0.198. The highest BCUT2D eigenvalue weighted by atomic mass is 35.5. The SMILES string of the molecule is O=C(N[C@H](CO)c1ccccc1)c1ccc(Cl)nn1. The number of hydrogen-bond acceptors (Lipinski definition) is 4. The maximum Gasteiger partial charge on any atom is 0.272 e. The molecule has 2 N–H and O–H groups in total. The Bertz CT molecular complexity index is 546. The van der Waals surface area contributed by atoms with Crippen LogP contribution in [0.3, 0.4) is 0 Å². The van der Waals surface area contributed by atoms with Crippen LogP contribution in [0.4, 0.5) is 0 Å². The van der Waals surface area contributed by atoms with Crippen molar-refractivity contribution in [1.29, 1.82) is 0 Å². The number of carbonyl (C=O) groups excluding carboxylic acids is 1. The fourth-order valence-electron chi connectivity index (χ4n) is 1.59. The summed E-state index contributed by atoms with van der Waals surface area (Å²) in [5.41, 5.74) is 0.971. The standard InChI is InChI=1S/C13H12ClN3O2/c14-12-7-6-10(16-17-12)13(19)15-11(8-18)9-4-2-1-3-5-9/h1-7,11,18H,8H2,(H,15,19)/t11-/m1/s1. The van der Waals surface area contributed by atoms with Crippen LogP contribution in [-0.2, 0) is 0 Å². The second-order valence-corrected chi connectivity index (χ2v) is 4.25. The van der Waals surface area contributed by atoms with Crippen LogP contribution in [0, 0.1) is 0 Å². The Kier molecular flexibility index (Phi) is 4.43. The molecular formula is C13H12ClN3O2. The number of aliphatic hydroxyl groups is 1. The van der Waals surface area contributed by atoms with E-state index in [1.165, 1.54) is 12.1 Å². The van der Waals surface area contributed by atoms with Crippen LogP contribution >= 0.6 is 11.6 Å². The lowest BCUT2D eigenvalue weighted by Gasteiger charge is -2.16. The first-order valence-electron chi connectivity index (χ1n) is 5.66. The molecule has 98 valence electrons. The number of hydrogen-bond donors (Lipinski definition) is 2. The maximum absolute atomic E-state index is 11.9. The monoisotopic (exact) mass is 277 g/mol. The van der Waals surface area contributed by atoms with Crippen molar-refractivity contribution in [3.63, 3.8) is 0 Å². The fourth-order valence-corrected chi connectivity index (χ4v) is 1.69. The van der Waals surface area contributed by atoms with E-state index in [1.54, 1.807) is 0 Å². The predicted octanol–water partition coefficient (Wildman–Crippen LogP) is 1.59. The minimum Gasteiger partial charge on any atom is -0.394 e. The number of amides is 1. The average molecular weight is 278 g/mol. The van der Waals surface area contributed by atoms with Crippen LogP contribution in [0.5, 0.6) is 0 Å². The van der Waals surface area contributed by atoms with Crippen LogP contribution in [0.15, 0.2) is 42.5 Å². The third-order valence-electron chi connectivity index (χ3n) is 2.55. The minimum absolute atomic E-state index is 0.152. The number of halogens is 1. The third kappa shape index (κ3) is 3.49. The number of aliphatic hydroxyl groups excluding tert-OH is 1. The van der Waals surface area contributed by atoms with Gasteiger partial charge in [-0.2, -0.15) is 0 Å². The summed E-state index contributed by atoms with van der Waals surface area (Å²) in [6.07, 6.45) is 0. The van der Waals surface area contributed by atoms with E-state index in [0.717, 1.165) is 5.56 Å². The van der Waals surface area contributed by atoms with Gasteiger partial charge in [0.2, 0.25) is 0 Å². The highest BCUT2D eigenvalue weighted by Gasteiger charge is 2.15. The van der Waals surface area contributed by atoms with Crippen LogP contribution in [-0.4, -0.2) is 27.8 Å². The number of nitrogens with zero attached hydrogens (tertiary/aromatic N) is 2. The molecule has 0 saturated carbocycles. The van der Waals surface area contributed by atoms with E-state index in [0.29, 0.717) is 0 Å². The van der Waals surface area contributed by atoms with Gasteiger partial charge in [0.25, 0.3) is 5.91 Å². The number of benzene rings is 1. The number of rotatable bonds is 4. The average Bonchev–Trinajstić information content (AvgIpc) is 2.46. The van der Waals surface area contributed by atoms with E-state index in [9.17, 15) is 9.90 Å². The molecule has 0 aliphatic heterocycles. The molecule has 0 bridgehead atoms. The van der Waals surface area contributed by atoms with Gasteiger partial charge in [-0.05, 0) is 17.7 Å². The molecule has 0 spiro atoms. The summed E-state index contributed by atoms with van der Waals surface area (Å²) in [5.74, 6) is -0.410. The van der Waals surface area contributed by atoms with Crippen molar-refractivity contribution in [2.24, 2.45) is 0 Å². The van der Waals surface area contributed by atoms with Gasteiger partial charge in [0.05, 0.1) is 12.6 Å². The third-order valence-corrected chi connectivity index (χ3v) is 2.76. The van der Waals surface area contributed by atoms with Crippen LogP contribution in [0.1, 0.15) is 22.1 Å². The van der Waals surface area contributed by atoms with Crippen molar-refractivity contribution in [1.82, 2.24) is 15.5 Å². The molecule has 0 radical (unpaired) electrons. The summed E-state index contributed by atoms with van der Waals surface area (Å²) < 4.78 is 0. The Morgan fingerprint density at radius 3 is 2.53 bits per heavy atom. The summed E-state index contributed by atoms with van der Waals surface area (Å²) in [4.78, 5) is 11.9. The molecule has 0 unspecified atom stereocenters. The number of carbonyl (C=O) groups is 1. The molecule has 6 heteroatoms. The Morgan fingerprint density at radius 2 is 1.95 bits per heavy atom. The van der Waals surface area contributed by atoms with Gasteiger partial charge in [-0.3, -0.25) is 4.79 Å². The molecule has 0 saturated heterocycles. The molecule has 1 aromatic heterocycles. The lowest BCUT2D eigenvalue weighted by Crippen LogP contribution is -2.31. The van der Waals surface area contributed by atoms with Crippen molar-refractivity contribution in [2.45, 2.75) is 6.04 Å². The first kappa shape index (κ1) is 13.5. The lowest BCUT2D eigenvalue weighted by atomic mass is 10.1. The zero-order chi connectivity index (χ0) is 13.7. The van der Waals surface area contributed by atoms with Gasteiger partial charge in [0.15, 0.2) is 10.8 Å². The van der Waals surface area contributed by atoms with Crippen molar-refractivity contribution in [3.05, 3.63) is 58.9 Å². The smallest absolute Gasteiger partial charge is 0.272 e. The second-order valence-electron chi connectivity index (χ2n) is 3.86. The second kappa shape index (κ2) is 6.26. The highest BCUT2D eigenvalue weighted by Crippen LogP contribution is 2.12. The molecule has 1 heterocycles. The summed E-state index contributed by atoms with van der Waals surface area (Å²) in [7, 11) is 0.